The Balaban J connectivity index is 1.63. The average molecular weight is 408 g/mol. The molecule has 148 valence electrons. The lowest BCUT2D eigenvalue weighted by molar-refractivity contribution is -0.384. The summed E-state index contributed by atoms with van der Waals surface area (Å²) in [6, 6.07) is 9.01. The van der Waals surface area contributed by atoms with Crippen molar-refractivity contribution < 1.29 is 18.8 Å². The van der Waals surface area contributed by atoms with Crippen LogP contribution in [0.1, 0.15) is 5.56 Å². The zero-order valence-electron chi connectivity index (χ0n) is 15.2. The molecule has 1 heterocycles. The van der Waals surface area contributed by atoms with Gasteiger partial charge in [-0.15, -0.1) is 0 Å². The minimum Gasteiger partial charge on any atom is -0.494 e. The third kappa shape index (κ3) is 4.33. The Hall–Kier alpha value is -2.87. The van der Waals surface area contributed by atoms with Crippen LogP contribution in [0.2, 0.25) is 5.02 Å². The topological polar surface area (TPSA) is 75.9 Å². The molecule has 1 aliphatic rings. The standard InChI is InChI=1S/C19H19ClFN3O4/c1-28-18-5-2-13(10-15(18)21)11-19(25)23-8-6-22(7-9-23)16-4-3-14(20)12-17(16)24(26)27/h2-5,10,12H,6-9,11H2,1H3. The Morgan fingerprint density at radius 2 is 1.93 bits per heavy atom. The zero-order valence-corrected chi connectivity index (χ0v) is 16.0. The van der Waals surface area contributed by atoms with Crippen LogP contribution in [0.5, 0.6) is 5.75 Å². The number of halogens is 2. The number of rotatable bonds is 5. The van der Waals surface area contributed by atoms with E-state index in [0.29, 0.717) is 42.5 Å². The predicted molar refractivity (Wildman–Crippen MR) is 104 cm³/mol. The number of carbonyl (C=O) groups excluding carboxylic acids is 1. The van der Waals surface area contributed by atoms with Crippen molar-refractivity contribution in [2.24, 2.45) is 0 Å². The van der Waals surface area contributed by atoms with E-state index in [2.05, 4.69) is 0 Å². The number of amides is 1. The van der Waals surface area contributed by atoms with Gasteiger partial charge in [-0.1, -0.05) is 17.7 Å². The fraction of sp³-hybridized carbons (Fsp3) is 0.316. The SMILES string of the molecule is COc1ccc(CC(=O)N2CCN(c3ccc(Cl)cc3[N+](=O)[O-])CC2)cc1F. The molecule has 1 aliphatic heterocycles. The highest BCUT2D eigenvalue weighted by molar-refractivity contribution is 6.30. The number of ether oxygens (including phenoxy) is 1. The first-order valence-corrected chi connectivity index (χ1v) is 9.06. The Bertz CT molecular complexity index is 901. The van der Waals surface area contributed by atoms with Crippen molar-refractivity contribution in [2.75, 3.05) is 38.2 Å². The van der Waals surface area contributed by atoms with Gasteiger partial charge in [0, 0.05) is 37.3 Å². The number of benzene rings is 2. The van der Waals surface area contributed by atoms with Crippen molar-refractivity contribution >= 4 is 28.9 Å². The number of carbonyl (C=O) groups is 1. The number of nitro benzene ring substituents is 1. The van der Waals surface area contributed by atoms with E-state index in [1.165, 1.54) is 25.3 Å². The fourth-order valence-corrected chi connectivity index (χ4v) is 3.38. The lowest BCUT2D eigenvalue weighted by Crippen LogP contribution is -2.49. The normalized spacial score (nSPS) is 14.1. The van der Waals surface area contributed by atoms with Crippen LogP contribution in [0.4, 0.5) is 15.8 Å². The number of hydrogen-bond acceptors (Lipinski definition) is 5. The number of nitrogens with zero attached hydrogens (tertiary/aromatic N) is 3. The summed E-state index contributed by atoms with van der Waals surface area (Å²) in [7, 11) is 1.38. The lowest BCUT2D eigenvalue weighted by Gasteiger charge is -2.36. The Morgan fingerprint density at radius 1 is 1.21 bits per heavy atom. The van der Waals surface area contributed by atoms with Gasteiger partial charge < -0.3 is 14.5 Å². The molecule has 0 atom stereocenters. The minimum atomic E-state index is -0.507. The molecule has 28 heavy (non-hydrogen) atoms. The molecule has 0 bridgehead atoms. The number of methoxy groups -OCH3 is 1. The minimum absolute atomic E-state index is 0.0546. The quantitative estimate of drug-likeness (QED) is 0.561. The van der Waals surface area contributed by atoms with Gasteiger partial charge in [0.05, 0.1) is 18.5 Å². The van der Waals surface area contributed by atoms with Gasteiger partial charge in [0.15, 0.2) is 11.6 Å². The summed E-state index contributed by atoms with van der Waals surface area (Å²) in [6.45, 7) is 1.78. The maximum Gasteiger partial charge on any atom is 0.294 e. The highest BCUT2D eigenvalue weighted by Crippen LogP contribution is 2.31. The third-order valence-electron chi connectivity index (χ3n) is 4.68. The van der Waals surface area contributed by atoms with E-state index in [-0.39, 0.29) is 23.8 Å². The first-order chi connectivity index (χ1) is 13.4. The van der Waals surface area contributed by atoms with Gasteiger partial charge >= 0.3 is 0 Å². The van der Waals surface area contributed by atoms with Crippen molar-refractivity contribution in [1.29, 1.82) is 0 Å². The molecular weight excluding hydrogens is 389 g/mol. The van der Waals surface area contributed by atoms with E-state index >= 15 is 0 Å². The number of piperazine rings is 1. The van der Waals surface area contributed by atoms with Crippen molar-refractivity contribution in [3.63, 3.8) is 0 Å². The molecule has 0 aliphatic carbocycles. The first kappa shape index (κ1) is 19.9. The van der Waals surface area contributed by atoms with Gasteiger partial charge in [-0.2, -0.15) is 0 Å². The van der Waals surface area contributed by atoms with Crippen molar-refractivity contribution in [1.82, 2.24) is 4.90 Å². The lowest BCUT2D eigenvalue weighted by atomic mass is 10.1. The van der Waals surface area contributed by atoms with Crippen molar-refractivity contribution in [3.05, 3.63) is 62.9 Å². The van der Waals surface area contributed by atoms with Gasteiger partial charge in [-0.25, -0.2) is 4.39 Å². The molecule has 0 N–H and O–H groups in total. The maximum atomic E-state index is 13.8. The predicted octanol–water partition coefficient (Wildman–Crippen LogP) is 3.29. The molecular formula is C19H19ClFN3O4. The second-order valence-corrected chi connectivity index (χ2v) is 6.84. The Morgan fingerprint density at radius 3 is 2.54 bits per heavy atom. The molecule has 0 radical (unpaired) electrons. The molecule has 2 aromatic carbocycles. The van der Waals surface area contributed by atoms with Gasteiger partial charge in [0.25, 0.3) is 5.69 Å². The van der Waals surface area contributed by atoms with Crippen LogP contribution < -0.4 is 9.64 Å². The number of nitro groups is 1. The largest absolute Gasteiger partial charge is 0.494 e. The van der Waals surface area contributed by atoms with Crippen LogP contribution in [0.25, 0.3) is 0 Å². The molecule has 3 rings (SSSR count). The number of anilines is 1. The van der Waals surface area contributed by atoms with Crippen LogP contribution in [-0.2, 0) is 11.2 Å². The molecule has 0 saturated carbocycles. The summed E-state index contributed by atoms with van der Waals surface area (Å²) < 4.78 is 18.7. The summed E-state index contributed by atoms with van der Waals surface area (Å²) in [4.78, 5) is 26.9. The third-order valence-corrected chi connectivity index (χ3v) is 4.91. The summed E-state index contributed by atoms with van der Waals surface area (Å²) in [5.41, 5.74) is 0.999. The van der Waals surface area contributed by atoms with Gasteiger partial charge in [-0.05, 0) is 29.8 Å². The van der Waals surface area contributed by atoms with E-state index in [1.807, 2.05) is 4.90 Å². The molecule has 0 aromatic heterocycles. The molecule has 1 fully saturated rings. The second kappa shape index (κ2) is 8.43. The highest BCUT2D eigenvalue weighted by Gasteiger charge is 2.26. The van der Waals surface area contributed by atoms with Crippen LogP contribution >= 0.6 is 11.6 Å². The van der Waals surface area contributed by atoms with Crippen LogP contribution in [0.3, 0.4) is 0 Å². The average Bonchev–Trinajstić information content (AvgIpc) is 2.68. The fourth-order valence-electron chi connectivity index (χ4n) is 3.21. The smallest absolute Gasteiger partial charge is 0.294 e. The van der Waals surface area contributed by atoms with Gasteiger partial charge in [-0.3, -0.25) is 14.9 Å². The van der Waals surface area contributed by atoms with E-state index in [0.717, 1.165) is 0 Å². The summed E-state index contributed by atoms with van der Waals surface area (Å²) in [5, 5.41) is 11.6. The monoisotopic (exact) mass is 407 g/mol. The van der Waals surface area contributed by atoms with Crippen LogP contribution in [0.15, 0.2) is 36.4 Å². The van der Waals surface area contributed by atoms with Crippen LogP contribution in [-0.4, -0.2) is 49.0 Å². The summed E-state index contributed by atoms with van der Waals surface area (Å²) in [6.07, 6.45) is 0.0853. The Kier molecular flexibility index (Phi) is 5.99. The molecule has 2 aromatic rings. The number of hydrogen-bond donors (Lipinski definition) is 0. The highest BCUT2D eigenvalue weighted by atomic mass is 35.5. The van der Waals surface area contributed by atoms with Crippen LogP contribution in [0, 0.1) is 15.9 Å². The van der Waals surface area contributed by atoms with Gasteiger partial charge in [0.2, 0.25) is 5.91 Å². The molecule has 1 saturated heterocycles. The van der Waals surface area contributed by atoms with Crippen molar-refractivity contribution in [2.45, 2.75) is 6.42 Å². The van der Waals surface area contributed by atoms with E-state index < -0.39 is 10.7 Å². The molecule has 9 heteroatoms. The van der Waals surface area contributed by atoms with E-state index in [9.17, 15) is 19.3 Å². The summed E-state index contributed by atoms with van der Waals surface area (Å²) >= 11 is 5.86. The zero-order chi connectivity index (χ0) is 20.3. The van der Waals surface area contributed by atoms with Crippen molar-refractivity contribution in [3.8, 4) is 5.75 Å². The Labute approximate surface area is 166 Å². The van der Waals surface area contributed by atoms with Gasteiger partial charge in [0.1, 0.15) is 5.69 Å². The van der Waals surface area contributed by atoms with E-state index in [4.69, 9.17) is 16.3 Å². The molecule has 1 amide bonds. The summed E-state index contributed by atoms with van der Waals surface area (Å²) in [5.74, 6) is -0.489. The first-order valence-electron chi connectivity index (χ1n) is 8.68. The second-order valence-electron chi connectivity index (χ2n) is 6.40. The maximum absolute atomic E-state index is 13.8. The van der Waals surface area contributed by atoms with E-state index in [1.54, 1.807) is 23.1 Å². The molecule has 0 spiro atoms. The molecule has 0 unspecified atom stereocenters. The molecule has 7 nitrogen and oxygen atoms in total.